The largest absolute Gasteiger partial charge is 0.456 e. The van der Waals surface area contributed by atoms with Gasteiger partial charge < -0.3 is 4.42 Å². The van der Waals surface area contributed by atoms with Gasteiger partial charge >= 0.3 is 0 Å². The Hall–Kier alpha value is -4.76. The third-order valence-corrected chi connectivity index (χ3v) is 7.17. The van der Waals surface area contributed by atoms with Crippen molar-refractivity contribution in [3.05, 3.63) is 132 Å². The van der Waals surface area contributed by atoms with Gasteiger partial charge in [-0.05, 0) is 65.4 Å². The number of Topliss-reactive ketones (excluding diaryl/α,β-unsaturated/α-hetero) is 1. The van der Waals surface area contributed by atoms with Crippen LogP contribution in [0.15, 0.2) is 119 Å². The van der Waals surface area contributed by atoms with Crippen molar-refractivity contribution in [2.75, 3.05) is 0 Å². The van der Waals surface area contributed by atoms with Gasteiger partial charge in [0, 0.05) is 21.9 Å². The number of carbonyl (C=O) groups excluding carboxylic acids is 1. The van der Waals surface area contributed by atoms with Crippen LogP contribution in [-0.4, -0.2) is 10.8 Å². The summed E-state index contributed by atoms with van der Waals surface area (Å²) >= 11 is 0. The summed E-state index contributed by atoms with van der Waals surface area (Å²) in [6.45, 7) is 0. The minimum Gasteiger partial charge on any atom is -0.456 e. The Morgan fingerprint density at radius 3 is 2.19 bits per heavy atom. The van der Waals surface area contributed by atoms with Gasteiger partial charge in [0.1, 0.15) is 16.9 Å². The molecule has 0 radical (unpaired) electrons. The second kappa shape index (κ2) is 8.72. The zero-order valence-electron chi connectivity index (χ0n) is 20.1. The molecule has 4 aromatic carbocycles. The maximum atomic E-state index is 13.9. The van der Waals surface area contributed by atoms with E-state index in [1.807, 2.05) is 84.9 Å². The Kier molecular flexibility index (Phi) is 5.07. The second-order valence-electron chi connectivity index (χ2n) is 9.47. The van der Waals surface area contributed by atoms with Crippen LogP contribution in [-0.2, 0) is 6.42 Å². The molecule has 1 aliphatic rings. The molecule has 3 nitrogen and oxygen atoms in total. The topological polar surface area (TPSA) is 43.1 Å². The van der Waals surface area contributed by atoms with Crippen molar-refractivity contribution in [2.45, 2.75) is 12.8 Å². The van der Waals surface area contributed by atoms with E-state index in [4.69, 9.17) is 9.40 Å². The van der Waals surface area contributed by atoms with Crippen molar-refractivity contribution in [2.24, 2.45) is 0 Å². The van der Waals surface area contributed by atoms with E-state index in [0.717, 1.165) is 67.4 Å². The molecule has 176 valence electrons. The number of hydrogen-bond donors (Lipinski definition) is 0. The van der Waals surface area contributed by atoms with Crippen LogP contribution < -0.4 is 0 Å². The maximum Gasteiger partial charge on any atom is 0.207 e. The number of carbonyl (C=O) groups is 1. The molecule has 1 aliphatic carbocycles. The number of pyridine rings is 1. The van der Waals surface area contributed by atoms with Gasteiger partial charge in [-0.3, -0.25) is 4.79 Å². The van der Waals surface area contributed by atoms with E-state index < -0.39 is 0 Å². The monoisotopic (exact) mass is 477 g/mol. The molecule has 0 saturated heterocycles. The molecule has 0 bridgehead atoms. The first-order valence-electron chi connectivity index (χ1n) is 12.6. The van der Waals surface area contributed by atoms with Crippen LogP contribution >= 0.6 is 0 Å². The predicted octanol–water partition coefficient (Wildman–Crippen LogP) is 8.53. The fourth-order valence-corrected chi connectivity index (χ4v) is 5.34. The zero-order valence-corrected chi connectivity index (χ0v) is 20.1. The molecule has 7 rings (SSSR count). The highest BCUT2D eigenvalue weighted by atomic mass is 16.3. The summed E-state index contributed by atoms with van der Waals surface area (Å²) in [7, 11) is 0. The highest BCUT2D eigenvalue weighted by Crippen LogP contribution is 2.36. The summed E-state index contributed by atoms with van der Waals surface area (Å²) in [6, 6.07) is 36.7. The Morgan fingerprint density at radius 2 is 1.38 bits per heavy atom. The van der Waals surface area contributed by atoms with Crippen molar-refractivity contribution < 1.29 is 9.21 Å². The van der Waals surface area contributed by atoms with Gasteiger partial charge in [0.05, 0.1) is 5.69 Å². The van der Waals surface area contributed by atoms with E-state index in [1.54, 1.807) is 0 Å². The third kappa shape index (κ3) is 3.76. The average molecular weight is 478 g/mol. The molecule has 0 saturated carbocycles. The molecule has 0 unspecified atom stereocenters. The maximum absolute atomic E-state index is 13.9. The summed E-state index contributed by atoms with van der Waals surface area (Å²) in [5, 5.41) is 2.14. The molecule has 0 atom stereocenters. The van der Waals surface area contributed by atoms with E-state index in [-0.39, 0.29) is 5.78 Å². The van der Waals surface area contributed by atoms with Crippen LogP contribution in [0.4, 0.5) is 0 Å². The first kappa shape index (κ1) is 21.5. The normalized spacial score (nSPS) is 14.4. The summed E-state index contributed by atoms with van der Waals surface area (Å²) in [4.78, 5) is 18.8. The van der Waals surface area contributed by atoms with E-state index in [0.29, 0.717) is 12.1 Å². The lowest BCUT2D eigenvalue weighted by atomic mass is 9.84. The zero-order chi connectivity index (χ0) is 24.8. The summed E-state index contributed by atoms with van der Waals surface area (Å²) < 4.78 is 5.98. The van der Waals surface area contributed by atoms with Crippen molar-refractivity contribution in [1.82, 2.24) is 4.98 Å². The lowest BCUT2D eigenvalue weighted by Crippen LogP contribution is -2.18. The molecule has 2 aromatic heterocycles. The SMILES string of the molecule is O=C1/C(=C/c2ccc3oc4ccccc4c3c2)CCc2c(-c3ccccc3)cc(-c3ccccc3)nc21. The highest BCUT2D eigenvalue weighted by molar-refractivity contribution is 6.13. The molecular formula is C34H23NO2. The minimum absolute atomic E-state index is 0.00774. The number of benzene rings is 4. The van der Waals surface area contributed by atoms with Crippen LogP contribution in [0.1, 0.15) is 28.0 Å². The van der Waals surface area contributed by atoms with Crippen molar-refractivity contribution in [3.8, 4) is 22.4 Å². The first-order chi connectivity index (χ1) is 18.2. The minimum atomic E-state index is 0.00774. The number of aromatic nitrogens is 1. The number of para-hydroxylation sites is 1. The smallest absolute Gasteiger partial charge is 0.207 e. The van der Waals surface area contributed by atoms with Crippen LogP contribution in [0, 0.1) is 0 Å². The van der Waals surface area contributed by atoms with Gasteiger partial charge in [-0.15, -0.1) is 0 Å². The molecule has 6 aromatic rings. The Balaban J connectivity index is 1.35. The van der Waals surface area contributed by atoms with Crippen molar-refractivity contribution in [1.29, 1.82) is 0 Å². The number of hydrogen-bond acceptors (Lipinski definition) is 3. The predicted molar refractivity (Wildman–Crippen MR) is 149 cm³/mol. The third-order valence-electron chi connectivity index (χ3n) is 7.17. The molecular weight excluding hydrogens is 454 g/mol. The van der Waals surface area contributed by atoms with Gasteiger partial charge in [-0.2, -0.15) is 0 Å². The van der Waals surface area contributed by atoms with Gasteiger partial charge in [-0.1, -0.05) is 84.9 Å². The molecule has 0 aliphatic heterocycles. The molecule has 2 heterocycles. The van der Waals surface area contributed by atoms with E-state index in [1.165, 1.54) is 0 Å². The fraction of sp³-hybridized carbons (Fsp3) is 0.0588. The van der Waals surface area contributed by atoms with Crippen LogP contribution in [0.5, 0.6) is 0 Å². The Labute approximate surface area is 214 Å². The van der Waals surface area contributed by atoms with Gasteiger partial charge in [-0.25, -0.2) is 4.98 Å². The van der Waals surface area contributed by atoms with E-state index >= 15 is 0 Å². The summed E-state index contributed by atoms with van der Waals surface area (Å²) in [5.41, 5.74) is 9.12. The summed E-state index contributed by atoms with van der Waals surface area (Å²) in [5.74, 6) is 0.00774. The number of allylic oxidation sites excluding steroid dienone is 1. The first-order valence-corrected chi connectivity index (χ1v) is 12.6. The van der Waals surface area contributed by atoms with Crippen molar-refractivity contribution in [3.63, 3.8) is 0 Å². The van der Waals surface area contributed by atoms with Crippen LogP contribution in [0.3, 0.4) is 0 Å². The Morgan fingerprint density at radius 1 is 0.676 bits per heavy atom. The van der Waals surface area contributed by atoms with Crippen molar-refractivity contribution >= 4 is 33.8 Å². The molecule has 3 heteroatoms. The lowest BCUT2D eigenvalue weighted by Gasteiger charge is -2.21. The molecule has 0 spiro atoms. The number of nitrogens with zero attached hydrogens (tertiary/aromatic N) is 1. The lowest BCUT2D eigenvalue weighted by molar-refractivity contribution is 0.102. The van der Waals surface area contributed by atoms with Crippen LogP contribution in [0.25, 0.3) is 50.4 Å². The number of ketones is 1. The fourth-order valence-electron chi connectivity index (χ4n) is 5.34. The molecule has 37 heavy (non-hydrogen) atoms. The van der Waals surface area contributed by atoms with Gasteiger partial charge in [0.2, 0.25) is 5.78 Å². The standard InChI is InChI=1S/C34H23NO2/c36-34-25(19-22-15-18-32-29(20-22)26-13-7-8-14-31(26)37-32)16-17-27-28(23-9-3-1-4-10-23)21-30(35-33(27)34)24-11-5-2-6-12-24/h1-15,18-21H,16-17H2/b25-19+. The quantitative estimate of drug-likeness (QED) is 0.240. The van der Waals surface area contributed by atoms with Crippen LogP contribution in [0.2, 0.25) is 0 Å². The number of furan rings is 1. The molecule has 0 N–H and O–H groups in total. The summed E-state index contributed by atoms with van der Waals surface area (Å²) in [6.07, 6.45) is 3.48. The Bertz CT molecular complexity index is 1830. The molecule has 0 amide bonds. The van der Waals surface area contributed by atoms with Gasteiger partial charge in [0.15, 0.2) is 0 Å². The van der Waals surface area contributed by atoms with E-state index in [9.17, 15) is 4.79 Å². The second-order valence-corrected chi connectivity index (χ2v) is 9.47. The molecule has 0 fully saturated rings. The number of fused-ring (bicyclic) bond motifs is 4. The average Bonchev–Trinajstić information content (AvgIpc) is 3.33. The van der Waals surface area contributed by atoms with E-state index in [2.05, 4.69) is 30.3 Å². The highest BCUT2D eigenvalue weighted by Gasteiger charge is 2.27. The van der Waals surface area contributed by atoms with Gasteiger partial charge in [0.25, 0.3) is 0 Å². The number of rotatable bonds is 3.